The molecule has 1 amide bonds. The number of benzene rings is 2. The number of piperazine rings is 1. The van der Waals surface area contributed by atoms with Gasteiger partial charge in [-0.3, -0.25) is 4.79 Å². The highest BCUT2D eigenvalue weighted by Gasteiger charge is 2.15. The minimum atomic E-state index is -0.338. The number of hydrogen-bond donors (Lipinski definition) is 1. The molecule has 0 spiro atoms. The fraction of sp³-hybridized carbons (Fsp3) is 0.318. The molecule has 0 saturated carbocycles. The van der Waals surface area contributed by atoms with Gasteiger partial charge in [0.1, 0.15) is 5.82 Å². The van der Waals surface area contributed by atoms with Crippen LogP contribution in [0.5, 0.6) is 0 Å². The van der Waals surface area contributed by atoms with Crippen molar-refractivity contribution in [2.75, 3.05) is 38.1 Å². The van der Waals surface area contributed by atoms with Crippen molar-refractivity contribution >= 4 is 17.7 Å². The fourth-order valence-corrected chi connectivity index (χ4v) is 3.18. The number of hydrogen-bond acceptors (Lipinski definition) is 3. The molecule has 2 aromatic rings. The van der Waals surface area contributed by atoms with Gasteiger partial charge in [-0.1, -0.05) is 30.3 Å². The van der Waals surface area contributed by atoms with E-state index in [0.29, 0.717) is 5.56 Å². The van der Waals surface area contributed by atoms with Crippen molar-refractivity contribution in [3.63, 3.8) is 0 Å². The molecule has 2 aromatic carbocycles. The van der Waals surface area contributed by atoms with E-state index in [1.54, 1.807) is 18.2 Å². The van der Waals surface area contributed by atoms with Crippen molar-refractivity contribution in [2.24, 2.45) is 0 Å². The van der Waals surface area contributed by atoms with Crippen molar-refractivity contribution in [1.29, 1.82) is 0 Å². The molecule has 5 heteroatoms. The Kier molecular flexibility index (Phi) is 6.24. The highest BCUT2D eigenvalue weighted by atomic mass is 19.1. The van der Waals surface area contributed by atoms with Crippen LogP contribution in [0.4, 0.5) is 10.1 Å². The number of carbonyl (C=O) groups is 1. The van der Waals surface area contributed by atoms with Gasteiger partial charge in [0.2, 0.25) is 5.91 Å². The number of halogens is 1. The minimum absolute atomic E-state index is 0.129. The molecule has 27 heavy (non-hydrogen) atoms. The summed E-state index contributed by atoms with van der Waals surface area (Å²) in [5.41, 5.74) is 2.64. The molecule has 0 unspecified atom stereocenters. The Balaban J connectivity index is 1.62. The van der Waals surface area contributed by atoms with Gasteiger partial charge in [0.15, 0.2) is 0 Å². The summed E-state index contributed by atoms with van der Waals surface area (Å²) < 4.78 is 13.6. The molecule has 4 nitrogen and oxygen atoms in total. The van der Waals surface area contributed by atoms with Crippen molar-refractivity contribution in [3.05, 3.63) is 71.6 Å². The lowest BCUT2D eigenvalue weighted by molar-refractivity contribution is -0.117. The second-order valence-corrected chi connectivity index (χ2v) is 6.97. The Morgan fingerprint density at radius 3 is 2.59 bits per heavy atom. The van der Waals surface area contributed by atoms with Crippen molar-refractivity contribution < 1.29 is 9.18 Å². The molecule has 142 valence electrons. The lowest BCUT2D eigenvalue weighted by atomic mass is 10.1. The number of carbonyl (C=O) groups excluding carboxylic acids is 1. The molecule has 1 aliphatic heterocycles. The highest BCUT2D eigenvalue weighted by Crippen LogP contribution is 2.22. The average Bonchev–Trinajstić information content (AvgIpc) is 2.68. The van der Waals surface area contributed by atoms with Gasteiger partial charge in [-0.2, -0.15) is 0 Å². The van der Waals surface area contributed by atoms with Gasteiger partial charge in [0, 0.05) is 43.5 Å². The summed E-state index contributed by atoms with van der Waals surface area (Å²) in [7, 11) is 2.14. The van der Waals surface area contributed by atoms with E-state index in [9.17, 15) is 9.18 Å². The molecular weight excluding hydrogens is 341 g/mol. The Hall–Kier alpha value is -2.66. The number of nitrogens with one attached hydrogen (secondary N) is 1. The second-order valence-electron chi connectivity index (χ2n) is 6.97. The summed E-state index contributed by atoms with van der Waals surface area (Å²) >= 11 is 0. The van der Waals surface area contributed by atoms with E-state index in [-0.39, 0.29) is 17.8 Å². The van der Waals surface area contributed by atoms with E-state index in [1.165, 1.54) is 23.9 Å². The molecule has 1 fully saturated rings. The third-order valence-electron chi connectivity index (χ3n) is 4.92. The van der Waals surface area contributed by atoms with Crippen LogP contribution < -0.4 is 10.2 Å². The highest BCUT2D eigenvalue weighted by molar-refractivity contribution is 5.92. The maximum Gasteiger partial charge on any atom is 0.244 e. The Labute approximate surface area is 160 Å². The first-order valence-corrected chi connectivity index (χ1v) is 9.29. The van der Waals surface area contributed by atoms with Crippen LogP contribution in [0.25, 0.3) is 6.08 Å². The number of likely N-dealkylation sites (N-methyl/N-ethyl adjacent to an activating group) is 1. The van der Waals surface area contributed by atoms with Gasteiger partial charge in [-0.25, -0.2) is 4.39 Å². The maximum absolute atomic E-state index is 13.6. The van der Waals surface area contributed by atoms with Gasteiger partial charge in [-0.15, -0.1) is 0 Å². The molecule has 0 bridgehead atoms. The largest absolute Gasteiger partial charge is 0.369 e. The average molecular weight is 367 g/mol. The third kappa shape index (κ3) is 5.17. The van der Waals surface area contributed by atoms with Crippen LogP contribution in [0.2, 0.25) is 0 Å². The van der Waals surface area contributed by atoms with E-state index in [1.807, 2.05) is 19.1 Å². The van der Waals surface area contributed by atoms with Crippen LogP contribution in [0.15, 0.2) is 54.6 Å². The van der Waals surface area contributed by atoms with Gasteiger partial charge < -0.3 is 15.1 Å². The molecule has 1 aliphatic rings. The third-order valence-corrected chi connectivity index (χ3v) is 4.92. The minimum Gasteiger partial charge on any atom is -0.369 e. The second kappa shape index (κ2) is 8.82. The Morgan fingerprint density at radius 1 is 1.11 bits per heavy atom. The van der Waals surface area contributed by atoms with Gasteiger partial charge in [-0.05, 0) is 43.8 Å². The first-order valence-electron chi connectivity index (χ1n) is 9.29. The zero-order chi connectivity index (χ0) is 19.2. The summed E-state index contributed by atoms with van der Waals surface area (Å²) in [6.07, 6.45) is 2.87. The fourth-order valence-electron chi connectivity index (χ4n) is 3.18. The Bertz CT molecular complexity index is 813. The predicted octanol–water partition coefficient (Wildman–Crippen LogP) is 3.47. The molecule has 0 radical (unpaired) electrons. The van der Waals surface area contributed by atoms with Crippen molar-refractivity contribution in [3.8, 4) is 0 Å². The predicted molar refractivity (Wildman–Crippen MR) is 108 cm³/mol. The van der Waals surface area contributed by atoms with E-state index < -0.39 is 0 Å². The SMILES string of the molecule is C[C@H](NC(=O)/C=C/c1ccccc1F)c1cccc(N2CCN(C)CC2)c1. The van der Waals surface area contributed by atoms with Crippen LogP contribution in [0.3, 0.4) is 0 Å². The van der Waals surface area contributed by atoms with Crippen LogP contribution in [0.1, 0.15) is 24.1 Å². The first kappa shape index (κ1) is 19.1. The van der Waals surface area contributed by atoms with Gasteiger partial charge >= 0.3 is 0 Å². The van der Waals surface area contributed by atoms with Crippen LogP contribution in [-0.4, -0.2) is 44.0 Å². The summed E-state index contributed by atoms with van der Waals surface area (Å²) in [6, 6.07) is 14.6. The quantitative estimate of drug-likeness (QED) is 0.822. The van der Waals surface area contributed by atoms with Gasteiger partial charge in [0.05, 0.1) is 6.04 Å². The van der Waals surface area contributed by atoms with Gasteiger partial charge in [0.25, 0.3) is 0 Å². The zero-order valence-electron chi connectivity index (χ0n) is 15.9. The van der Waals surface area contributed by atoms with E-state index >= 15 is 0 Å². The topological polar surface area (TPSA) is 35.6 Å². The van der Waals surface area contributed by atoms with Crippen molar-refractivity contribution in [1.82, 2.24) is 10.2 Å². The molecular formula is C22H26FN3O. The molecule has 0 aromatic heterocycles. The van der Waals surface area contributed by atoms with Crippen LogP contribution >= 0.6 is 0 Å². The van der Waals surface area contributed by atoms with Crippen molar-refractivity contribution in [2.45, 2.75) is 13.0 Å². The molecule has 1 N–H and O–H groups in total. The van der Waals surface area contributed by atoms with E-state index in [0.717, 1.165) is 31.7 Å². The van der Waals surface area contributed by atoms with E-state index in [4.69, 9.17) is 0 Å². The Morgan fingerprint density at radius 2 is 1.85 bits per heavy atom. The molecule has 0 aliphatic carbocycles. The normalized spacial score (nSPS) is 16.5. The number of rotatable bonds is 5. The summed E-state index contributed by atoms with van der Waals surface area (Å²) in [6.45, 7) is 6.07. The summed E-state index contributed by atoms with van der Waals surface area (Å²) in [4.78, 5) is 16.9. The lowest BCUT2D eigenvalue weighted by Crippen LogP contribution is -2.44. The number of anilines is 1. The standard InChI is InChI=1S/C22H26FN3O/c1-17(24-22(27)11-10-18-6-3-4-9-21(18)23)19-7-5-8-20(16-19)26-14-12-25(2)13-15-26/h3-11,16-17H,12-15H2,1-2H3,(H,24,27)/b11-10+/t17-/m0/s1. The zero-order valence-corrected chi connectivity index (χ0v) is 15.9. The molecule has 1 atom stereocenters. The van der Waals surface area contributed by atoms with E-state index in [2.05, 4.69) is 34.3 Å². The number of amides is 1. The maximum atomic E-state index is 13.6. The smallest absolute Gasteiger partial charge is 0.244 e. The first-order chi connectivity index (χ1) is 13.0. The molecule has 1 heterocycles. The molecule has 1 saturated heterocycles. The molecule has 3 rings (SSSR count). The summed E-state index contributed by atoms with van der Waals surface area (Å²) in [5.74, 6) is -0.578. The lowest BCUT2D eigenvalue weighted by Gasteiger charge is -2.34. The van der Waals surface area contributed by atoms with Crippen LogP contribution in [0, 0.1) is 5.82 Å². The monoisotopic (exact) mass is 367 g/mol. The van der Waals surface area contributed by atoms with Crippen LogP contribution in [-0.2, 0) is 4.79 Å². The summed E-state index contributed by atoms with van der Waals surface area (Å²) in [5, 5.41) is 2.95. The number of nitrogens with zero attached hydrogens (tertiary/aromatic N) is 2.